The summed E-state index contributed by atoms with van der Waals surface area (Å²) >= 11 is 0. The first-order chi connectivity index (χ1) is 11.9. The maximum atomic E-state index is 10.2. The highest BCUT2D eigenvalue weighted by Gasteiger charge is 2.99. The van der Waals surface area contributed by atoms with Gasteiger partial charge in [-0.25, -0.2) is 4.99 Å². The zero-order valence-corrected chi connectivity index (χ0v) is 15.0. The molecule has 0 aromatic heterocycles. The number of rotatable bonds is 5. The normalized spacial score (nSPS) is 34.6. The van der Waals surface area contributed by atoms with E-state index in [0.717, 1.165) is 11.1 Å². The van der Waals surface area contributed by atoms with Gasteiger partial charge in [-0.05, 0) is 26.3 Å². The van der Waals surface area contributed by atoms with E-state index in [1.54, 1.807) is 13.8 Å². The number of amidine groups is 1. The van der Waals surface area contributed by atoms with Gasteiger partial charge in [0.2, 0.25) is 0 Å². The molecular formula is C19H22N4O2. The molecule has 2 aliphatic rings. The second-order valence-electron chi connectivity index (χ2n) is 6.66. The number of ether oxygens (including phenoxy) is 2. The predicted octanol–water partition coefficient (Wildman–Crippen LogP) is 2.38. The molecule has 1 saturated carbocycles. The number of hydrogen-bond acceptors (Lipinski definition) is 6. The maximum absolute atomic E-state index is 10.2. The van der Waals surface area contributed by atoms with Crippen molar-refractivity contribution in [3.8, 4) is 12.1 Å². The van der Waals surface area contributed by atoms with Crippen LogP contribution in [-0.4, -0.2) is 25.0 Å². The van der Waals surface area contributed by atoms with Gasteiger partial charge in [0.25, 0.3) is 5.91 Å². The number of hydrogen-bond donors (Lipinski definition) is 1. The van der Waals surface area contributed by atoms with Crippen molar-refractivity contribution in [2.45, 2.75) is 39.0 Å². The van der Waals surface area contributed by atoms with Crippen LogP contribution in [0, 0.1) is 40.4 Å². The predicted molar refractivity (Wildman–Crippen MR) is 92.2 cm³/mol. The average molecular weight is 338 g/mol. The molecule has 25 heavy (non-hydrogen) atoms. The molecule has 1 aliphatic carbocycles. The van der Waals surface area contributed by atoms with Crippen LogP contribution in [0.15, 0.2) is 29.3 Å². The van der Waals surface area contributed by atoms with Crippen LogP contribution in [0.3, 0.4) is 0 Å². The third-order valence-corrected chi connectivity index (χ3v) is 5.77. The zero-order valence-electron chi connectivity index (χ0n) is 15.0. The highest BCUT2D eigenvalue weighted by atomic mass is 16.7. The van der Waals surface area contributed by atoms with Crippen LogP contribution < -0.4 is 5.73 Å². The fraction of sp³-hybridized carbons (Fsp3) is 0.526. The molecule has 3 rings (SSSR count). The number of nitrogens with zero attached hydrogens (tertiary/aromatic N) is 3. The van der Waals surface area contributed by atoms with Gasteiger partial charge in [0.15, 0.2) is 10.8 Å². The van der Waals surface area contributed by atoms with Gasteiger partial charge < -0.3 is 15.2 Å². The summed E-state index contributed by atoms with van der Waals surface area (Å²) in [5.74, 6) is -1.48. The standard InChI is InChI=1S/C19H22N4O2/c1-5-24-19(25-6-2)18(12-21)16(4,14-9-7-13(3)8-10-14)17(18,11-20)15(22)23-19/h7-10H,5-6H2,1-4H3,(H2,22,23)/t16-,17-,18+/m0/s1. The molecule has 0 spiro atoms. The molecule has 0 radical (unpaired) electrons. The Balaban J connectivity index is 2.30. The number of nitriles is 2. The van der Waals surface area contributed by atoms with E-state index in [4.69, 9.17) is 15.2 Å². The monoisotopic (exact) mass is 338 g/mol. The first kappa shape index (κ1) is 17.4. The zero-order chi connectivity index (χ0) is 18.5. The highest BCUT2D eigenvalue weighted by molar-refractivity contribution is 6.02. The molecule has 6 nitrogen and oxygen atoms in total. The fourth-order valence-electron chi connectivity index (χ4n) is 4.60. The van der Waals surface area contributed by atoms with E-state index in [9.17, 15) is 10.5 Å². The maximum Gasteiger partial charge on any atom is 0.293 e. The van der Waals surface area contributed by atoms with Gasteiger partial charge in [0.1, 0.15) is 5.84 Å². The smallest absolute Gasteiger partial charge is 0.293 e. The molecule has 130 valence electrons. The van der Waals surface area contributed by atoms with Gasteiger partial charge in [0, 0.05) is 18.6 Å². The van der Waals surface area contributed by atoms with Crippen molar-refractivity contribution in [2.75, 3.05) is 13.2 Å². The molecule has 1 aromatic carbocycles. The van der Waals surface area contributed by atoms with Crippen molar-refractivity contribution >= 4 is 5.84 Å². The van der Waals surface area contributed by atoms with Gasteiger partial charge in [-0.15, -0.1) is 0 Å². The Kier molecular flexibility index (Phi) is 3.69. The fourth-order valence-corrected chi connectivity index (χ4v) is 4.60. The van der Waals surface area contributed by atoms with Crippen molar-refractivity contribution < 1.29 is 9.47 Å². The van der Waals surface area contributed by atoms with E-state index in [2.05, 4.69) is 17.1 Å². The van der Waals surface area contributed by atoms with E-state index in [-0.39, 0.29) is 19.0 Å². The summed E-state index contributed by atoms with van der Waals surface area (Å²) in [6, 6.07) is 12.4. The van der Waals surface area contributed by atoms with Gasteiger partial charge in [-0.2, -0.15) is 10.5 Å². The molecule has 1 fully saturated rings. The number of benzene rings is 1. The van der Waals surface area contributed by atoms with Crippen LogP contribution in [0.5, 0.6) is 0 Å². The van der Waals surface area contributed by atoms with Crippen molar-refractivity contribution in [1.29, 1.82) is 10.5 Å². The lowest BCUT2D eigenvalue weighted by Crippen LogP contribution is -2.46. The third kappa shape index (κ3) is 1.57. The summed E-state index contributed by atoms with van der Waals surface area (Å²) < 4.78 is 11.7. The Labute approximate surface area is 147 Å². The van der Waals surface area contributed by atoms with E-state index in [1.807, 2.05) is 38.1 Å². The minimum absolute atomic E-state index is 0.0986. The summed E-state index contributed by atoms with van der Waals surface area (Å²) in [4.78, 5) is 4.36. The van der Waals surface area contributed by atoms with Gasteiger partial charge in [-0.3, -0.25) is 0 Å². The summed E-state index contributed by atoms with van der Waals surface area (Å²) in [5.41, 5.74) is 4.66. The van der Waals surface area contributed by atoms with Crippen molar-refractivity contribution in [1.82, 2.24) is 0 Å². The molecule has 6 heteroatoms. The first-order valence-electron chi connectivity index (χ1n) is 8.40. The quantitative estimate of drug-likeness (QED) is 0.830. The number of fused-ring (bicyclic) bond motifs is 1. The Morgan fingerprint density at radius 2 is 1.64 bits per heavy atom. The van der Waals surface area contributed by atoms with Crippen LogP contribution in [0.4, 0.5) is 0 Å². The minimum Gasteiger partial charge on any atom is -0.386 e. The minimum atomic E-state index is -1.58. The molecule has 2 N–H and O–H groups in total. The van der Waals surface area contributed by atoms with E-state index < -0.39 is 22.2 Å². The van der Waals surface area contributed by atoms with Crippen molar-refractivity contribution in [2.24, 2.45) is 21.6 Å². The molecule has 1 aliphatic heterocycles. The Hall–Kier alpha value is -2.41. The van der Waals surface area contributed by atoms with E-state index in [0.29, 0.717) is 0 Å². The Bertz CT molecular complexity index is 813. The number of aliphatic imine (C=N–C) groups is 1. The van der Waals surface area contributed by atoms with Gasteiger partial charge in [0.05, 0.1) is 12.1 Å². The van der Waals surface area contributed by atoms with E-state index >= 15 is 0 Å². The van der Waals surface area contributed by atoms with E-state index in [1.165, 1.54) is 0 Å². The summed E-state index contributed by atoms with van der Waals surface area (Å²) in [7, 11) is 0. The first-order valence-corrected chi connectivity index (χ1v) is 8.40. The van der Waals surface area contributed by atoms with Crippen LogP contribution in [0.25, 0.3) is 0 Å². The molecule has 0 unspecified atom stereocenters. The second-order valence-corrected chi connectivity index (χ2v) is 6.66. The van der Waals surface area contributed by atoms with Gasteiger partial charge >= 0.3 is 0 Å². The molecular weight excluding hydrogens is 316 g/mol. The summed E-state index contributed by atoms with van der Waals surface area (Å²) in [5, 5.41) is 20.3. The average Bonchev–Trinajstić information content (AvgIpc) is 3.01. The SMILES string of the molecule is CCOC1(OCC)N=C(N)[C@@]2(C#N)[C@](C)(c3ccc(C)cc3)[C@@]12C#N. The van der Waals surface area contributed by atoms with Crippen LogP contribution in [0.1, 0.15) is 31.9 Å². The van der Waals surface area contributed by atoms with Crippen molar-refractivity contribution in [3.05, 3.63) is 35.4 Å². The van der Waals surface area contributed by atoms with Crippen LogP contribution >= 0.6 is 0 Å². The topological polar surface area (TPSA) is 104 Å². The number of nitrogens with two attached hydrogens (primary N) is 1. The lowest BCUT2D eigenvalue weighted by Gasteiger charge is -2.34. The van der Waals surface area contributed by atoms with Crippen LogP contribution in [0.2, 0.25) is 0 Å². The lowest BCUT2D eigenvalue weighted by atomic mass is 9.84. The molecule has 0 bridgehead atoms. The Morgan fingerprint density at radius 1 is 1.08 bits per heavy atom. The largest absolute Gasteiger partial charge is 0.386 e. The Morgan fingerprint density at radius 3 is 2.08 bits per heavy atom. The van der Waals surface area contributed by atoms with Gasteiger partial charge in [-0.1, -0.05) is 36.8 Å². The highest BCUT2D eigenvalue weighted by Crippen LogP contribution is 2.85. The molecule has 1 heterocycles. The molecule has 0 amide bonds. The molecule has 1 aromatic rings. The lowest BCUT2D eigenvalue weighted by molar-refractivity contribution is -0.257. The summed E-state index contributed by atoms with van der Waals surface area (Å²) in [6.45, 7) is 8.03. The van der Waals surface area contributed by atoms with Crippen LogP contribution in [-0.2, 0) is 14.9 Å². The number of aryl methyl sites for hydroxylation is 1. The third-order valence-electron chi connectivity index (χ3n) is 5.77. The molecule has 0 saturated heterocycles. The van der Waals surface area contributed by atoms with Crippen molar-refractivity contribution in [3.63, 3.8) is 0 Å². The molecule has 3 atom stereocenters. The summed E-state index contributed by atoms with van der Waals surface area (Å²) in [6.07, 6.45) is 0. The second kappa shape index (κ2) is 5.29.